The zero-order valence-electron chi connectivity index (χ0n) is 11.2. The largest absolute Gasteiger partial charge is 0.393 e. The molecule has 0 saturated heterocycles. The third-order valence-electron chi connectivity index (χ3n) is 3.15. The van der Waals surface area contributed by atoms with E-state index in [0.717, 1.165) is 31.2 Å². The Morgan fingerprint density at radius 1 is 1.22 bits per heavy atom. The molecule has 0 saturated carbocycles. The van der Waals surface area contributed by atoms with E-state index < -0.39 is 0 Å². The van der Waals surface area contributed by atoms with Gasteiger partial charge in [-0.05, 0) is 38.7 Å². The number of carbonyl (C=O) groups is 1. The summed E-state index contributed by atoms with van der Waals surface area (Å²) >= 11 is 0. The Balaban J connectivity index is 2.42. The SMILES string of the molecule is C[C@H](O)CCC[C@@H](C)N(C=O)Cc1ccccc1. The average molecular weight is 249 g/mol. The molecular formula is C15H23NO2. The first-order valence-corrected chi connectivity index (χ1v) is 6.56. The molecule has 0 unspecified atom stereocenters. The van der Waals surface area contributed by atoms with Crippen molar-refractivity contribution in [1.82, 2.24) is 4.90 Å². The van der Waals surface area contributed by atoms with E-state index in [1.54, 1.807) is 6.92 Å². The highest BCUT2D eigenvalue weighted by molar-refractivity contribution is 5.48. The van der Waals surface area contributed by atoms with Crippen molar-refractivity contribution in [3.05, 3.63) is 35.9 Å². The maximum absolute atomic E-state index is 11.1. The van der Waals surface area contributed by atoms with Crippen LogP contribution < -0.4 is 0 Å². The minimum absolute atomic E-state index is 0.210. The van der Waals surface area contributed by atoms with Gasteiger partial charge in [-0.1, -0.05) is 30.3 Å². The van der Waals surface area contributed by atoms with Gasteiger partial charge in [0.05, 0.1) is 6.10 Å². The predicted octanol–water partition coefficient (Wildman–Crippen LogP) is 2.58. The minimum atomic E-state index is -0.254. The van der Waals surface area contributed by atoms with Crippen LogP contribution in [0.1, 0.15) is 38.7 Å². The fraction of sp³-hybridized carbons (Fsp3) is 0.533. The highest BCUT2D eigenvalue weighted by Gasteiger charge is 2.12. The molecule has 3 nitrogen and oxygen atoms in total. The number of carbonyl (C=O) groups excluding carboxylic acids is 1. The second-order valence-corrected chi connectivity index (χ2v) is 4.89. The zero-order valence-corrected chi connectivity index (χ0v) is 11.2. The third kappa shape index (κ3) is 5.32. The fourth-order valence-corrected chi connectivity index (χ4v) is 1.97. The quantitative estimate of drug-likeness (QED) is 0.719. The Morgan fingerprint density at radius 3 is 2.44 bits per heavy atom. The van der Waals surface area contributed by atoms with Crippen LogP contribution in [-0.2, 0) is 11.3 Å². The highest BCUT2D eigenvalue weighted by atomic mass is 16.3. The van der Waals surface area contributed by atoms with Gasteiger partial charge in [0.2, 0.25) is 6.41 Å². The van der Waals surface area contributed by atoms with E-state index >= 15 is 0 Å². The molecule has 0 radical (unpaired) electrons. The van der Waals surface area contributed by atoms with E-state index in [-0.39, 0.29) is 12.1 Å². The summed E-state index contributed by atoms with van der Waals surface area (Å²) in [6.07, 6.45) is 3.33. The van der Waals surface area contributed by atoms with Crippen LogP contribution >= 0.6 is 0 Å². The number of hydrogen-bond donors (Lipinski definition) is 1. The summed E-state index contributed by atoms with van der Waals surface area (Å²) in [7, 11) is 0. The van der Waals surface area contributed by atoms with Gasteiger partial charge >= 0.3 is 0 Å². The molecule has 0 aliphatic heterocycles. The number of nitrogens with zero attached hydrogens (tertiary/aromatic N) is 1. The van der Waals surface area contributed by atoms with Crippen LogP contribution in [0, 0.1) is 0 Å². The molecule has 18 heavy (non-hydrogen) atoms. The van der Waals surface area contributed by atoms with Crippen LogP contribution in [0.15, 0.2) is 30.3 Å². The molecule has 1 aromatic carbocycles. The summed E-state index contributed by atoms with van der Waals surface area (Å²) in [4.78, 5) is 12.9. The predicted molar refractivity (Wildman–Crippen MR) is 73.0 cm³/mol. The number of amides is 1. The normalized spacial score (nSPS) is 13.9. The second kappa shape index (κ2) is 7.88. The maximum atomic E-state index is 11.1. The van der Waals surface area contributed by atoms with Crippen molar-refractivity contribution in [2.24, 2.45) is 0 Å². The average Bonchev–Trinajstić information content (AvgIpc) is 2.36. The monoisotopic (exact) mass is 249 g/mol. The first-order chi connectivity index (χ1) is 8.63. The minimum Gasteiger partial charge on any atom is -0.393 e. The summed E-state index contributed by atoms with van der Waals surface area (Å²) in [6, 6.07) is 10.2. The van der Waals surface area contributed by atoms with E-state index in [4.69, 9.17) is 0 Å². The number of aliphatic hydroxyl groups excluding tert-OH is 1. The van der Waals surface area contributed by atoms with E-state index in [1.165, 1.54) is 0 Å². The molecule has 0 spiro atoms. The molecule has 1 amide bonds. The van der Waals surface area contributed by atoms with Gasteiger partial charge in [0.25, 0.3) is 0 Å². The van der Waals surface area contributed by atoms with Crippen LogP contribution in [0.2, 0.25) is 0 Å². The van der Waals surface area contributed by atoms with Crippen LogP contribution in [0.4, 0.5) is 0 Å². The lowest BCUT2D eigenvalue weighted by Crippen LogP contribution is -2.31. The fourth-order valence-electron chi connectivity index (χ4n) is 1.97. The van der Waals surface area contributed by atoms with E-state index in [0.29, 0.717) is 6.54 Å². The molecule has 0 heterocycles. The first kappa shape index (κ1) is 14.7. The Bertz CT molecular complexity index is 338. The Kier molecular flexibility index (Phi) is 6.44. The maximum Gasteiger partial charge on any atom is 0.210 e. The van der Waals surface area contributed by atoms with Crippen molar-refractivity contribution in [2.75, 3.05) is 0 Å². The topological polar surface area (TPSA) is 40.5 Å². The van der Waals surface area contributed by atoms with Crippen molar-refractivity contribution in [2.45, 2.75) is 51.8 Å². The molecule has 1 rings (SSSR count). The summed E-state index contributed by atoms with van der Waals surface area (Å²) < 4.78 is 0. The lowest BCUT2D eigenvalue weighted by Gasteiger charge is -2.25. The van der Waals surface area contributed by atoms with E-state index in [9.17, 15) is 9.90 Å². The molecule has 1 N–H and O–H groups in total. The molecule has 0 aromatic heterocycles. The Morgan fingerprint density at radius 2 is 1.89 bits per heavy atom. The molecule has 0 aliphatic rings. The molecule has 3 heteroatoms. The lowest BCUT2D eigenvalue weighted by atomic mass is 10.1. The van der Waals surface area contributed by atoms with Gasteiger partial charge in [0, 0.05) is 12.6 Å². The summed E-state index contributed by atoms with van der Waals surface area (Å²) in [5.74, 6) is 0. The summed E-state index contributed by atoms with van der Waals surface area (Å²) in [6.45, 7) is 4.51. The molecule has 100 valence electrons. The number of hydrogen-bond acceptors (Lipinski definition) is 2. The number of rotatable bonds is 8. The number of benzene rings is 1. The molecule has 0 aliphatic carbocycles. The summed E-state index contributed by atoms with van der Waals surface area (Å²) in [5.41, 5.74) is 1.15. The highest BCUT2D eigenvalue weighted by Crippen LogP contribution is 2.12. The standard InChI is InChI=1S/C15H23NO2/c1-13(7-6-8-14(2)18)16(12-17)11-15-9-4-3-5-10-15/h3-5,9-10,12-14,18H,6-8,11H2,1-2H3/t13-,14+/m1/s1. The smallest absolute Gasteiger partial charge is 0.210 e. The van der Waals surface area contributed by atoms with Crippen molar-refractivity contribution in [3.8, 4) is 0 Å². The molecule has 1 aromatic rings. The van der Waals surface area contributed by atoms with Crippen molar-refractivity contribution in [1.29, 1.82) is 0 Å². The van der Waals surface area contributed by atoms with Crippen molar-refractivity contribution in [3.63, 3.8) is 0 Å². The Hall–Kier alpha value is -1.35. The van der Waals surface area contributed by atoms with E-state index in [1.807, 2.05) is 35.2 Å². The van der Waals surface area contributed by atoms with E-state index in [2.05, 4.69) is 6.92 Å². The molecular weight excluding hydrogens is 226 g/mol. The van der Waals surface area contributed by atoms with Gasteiger partial charge in [-0.15, -0.1) is 0 Å². The zero-order chi connectivity index (χ0) is 13.4. The van der Waals surface area contributed by atoms with Crippen molar-refractivity contribution >= 4 is 6.41 Å². The van der Waals surface area contributed by atoms with Gasteiger partial charge in [-0.2, -0.15) is 0 Å². The van der Waals surface area contributed by atoms with Gasteiger partial charge in [0.15, 0.2) is 0 Å². The third-order valence-corrected chi connectivity index (χ3v) is 3.15. The first-order valence-electron chi connectivity index (χ1n) is 6.56. The second-order valence-electron chi connectivity index (χ2n) is 4.89. The molecule has 2 atom stereocenters. The van der Waals surface area contributed by atoms with Gasteiger partial charge < -0.3 is 10.0 Å². The van der Waals surface area contributed by atoms with Crippen LogP contribution in [-0.4, -0.2) is 28.6 Å². The van der Waals surface area contributed by atoms with Gasteiger partial charge in [0.1, 0.15) is 0 Å². The molecule has 0 fully saturated rings. The van der Waals surface area contributed by atoms with Crippen LogP contribution in [0.25, 0.3) is 0 Å². The Labute approximate surface area is 109 Å². The summed E-state index contributed by atoms with van der Waals surface area (Å²) in [5, 5.41) is 9.21. The van der Waals surface area contributed by atoms with Crippen LogP contribution in [0.5, 0.6) is 0 Å². The van der Waals surface area contributed by atoms with Crippen molar-refractivity contribution < 1.29 is 9.90 Å². The number of aliphatic hydroxyl groups is 1. The van der Waals surface area contributed by atoms with Crippen LogP contribution in [0.3, 0.4) is 0 Å². The van der Waals surface area contributed by atoms with Gasteiger partial charge in [-0.3, -0.25) is 4.79 Å². The lowest BCUT2D eigenvalue weighted by molar-refractivity contribution is -0.120. The van der Waals surface area contributed by atoms with Gasteiger partial charge in [-0.25, -0.2) is 0 Å². The molecule has 0 bridgehead atoms.